The first-order valence-electron chi connectivity index (χ1n) is 5.52. The molecule has 84 valence electrons. The summed E-state index contributed by atoms with van der Waals surface area (Å²) in [7, 11) is 0. The van der Waals surface area contributed by atoms with Gasteiger partial charge in [-0.1, -0.05) is 34.1 Å². The van der Waals surface area contributed by atoms with Crippen LogP contribution in [0.4, 0.5) is 0 Å². The maximum Gasteiger partial charge on any atom is 0.237 e. The molecular weight excluding hydrogens is 176 g/mol. The van der Waals surface area contributed by atoms with E-state index in [0.29, 0.717) is 5.92 Å². The van der Waals surface area contributed by atoms with Crippen LogP contribution in [0.2, 0.25) is 0 Å². The van der Waals surface area contributed by atoms with Gasteiger partial charge in [-0.2, -0.15) is 0 Å². The third kappa shape index (κ3) is 5.22. The number of carbonyl (C=O) groups excluding carboxylic acids is 1. The van der Waals surface area contributed by atoms with Gasteiger partial charge in [-0.05, 0) is 18.3 Å². The molecule has 14 heavy (non-hydrogen) atoms. The Hall–Kier alpha value is -0.570. The van der Waals surface area contributed by atoms with Crippen molar-refractivity contribution in [3.8, 4) is 0 Å². The van der Waals surface area contributed by atoms with E-state index in [1.807, 2.05) is 13.8 Å². The maximum absolute atomic E-state index is 11.5. The van der Waals surface area contributed by atoms with Gasteiger partial charge in [0.1, 0.15) is 0 Å². The highest BCUT2D eigenvalue weighted by Crippen LogP contribution is 2.05. The zero-order chi connectivity index (χ0) is 11.1. The Labute approximate surface area is 87.4 Å². The van der Waals surface area contributed by atoms with Crippen molar-refractivity contribution >= 4 is 5.91 Å². The lowest BCUT2D eigenvalue weighted by molar-refractivity contribution is -0.123. The van der Waals surface area contributed by atoms with Crippen molar-refractivity contribution in [2.75, 3.05) is 6.54 Å². The molecule has 0 aromatic carbocycles. The molecule has 0 saturated carbocycles. The van der Waals surface area contributed by atoms with Gasteiger partial charge in [-0.25, -0.2) is 0 Å². The Morgan fingerprint density at radius 3 is 2.36 bits per heavy atom. The van der Waals surface area contributed by atoms with Crippen LogP contribution < -0.4 is 11.1 Å². The van der Waals surface area contributed by atoms with Crippen molar-refractivity contribution < 1.29 is 4.79 Å². The van der Waals surface area contributed by atoms with Gasteiger partial charge < -0.3 is 11.1 Å². The van der Waals surface area contributed by atoms with Crippen LogP contribution in [0.5, 0.6) is 0 Å². The second kappa shape index (κ2) is 6.82. The van der Waals surface area contributed by atoms with Crippen LogP contribution in [0.25, 0.3) is 0 Å². The molecule has 0 saturated heterocycles. The number of carbonyl (C=O) groups is 1. The predicted molar refractivity (Wildman–Crippen MR) is 59.9 cm³/mol. The van der Waals surface area contributed by atoms with Crippen molar-refractivity contribution in [3.63, 3.8) is 0 Å². The molecule has 0 aromatic heterocycles. The lowest BCUT2D eigenvalue weighted by atomic mass is 9.99. The molecule has 0 fully saturated rings. The lowest BCUT2D eigenvalue weighted by Gasteiger charge is -2.17. The van der Waals surface area contributed by atoms with E-state index in [-0.39, 0.29) is 17.9 Å². The molecule has 2 atom stereocenters. The monoisotopic (exact) mass is 200 g/mol. The molecule has 1 unspecified atom stereocenters. The van der Waals surface area contributed by atoms with Crippen LogP contribution >= 0.6 is 0 Å². The van der Waals surface area contributed by atoms with Crippen LogP contribution in [0, 0.1) is 11.8 Å². The molecule has 1 amide bonds. The van der Waals surface area contributed by atoms with Crippen molar-refractivity contribution in [1.29, 1.82) is 0 Å². The third-order valence-electron chi connectivity index (χ3n) is 2.58. The van der Waals surface area contributed by atoms with Crippen LogP contribution in [-0.2, 0) is 4.79 Å². The molecule has 0 aliphatic carbocycles. The zero-order valence-electron chi connectivity index (χ0n) is 9.84. The molecule has 3 N–H and O–H groups in total. The Morgan fingerprint density at radius 1 is 1.36 bits per heavy atom. The van der Waals surface area contributed by atoms with Gasteiger partial charge in [0.25, 0.3) is 0 Å². The second-order valence-corrected chi connectivity index (χ2v) is 4.38. The van der Waals surface area contributed by atoms with E-state index < -0.39 is 0 Å². The zero-order valence-corrected chi connectivity index (χ0v) is 9.84. The fourth-order valence-electron chi connectivity index (χ4n) is 1.11. The highest BCUT2D eigenvalue weighted by atomic mass is 16.2. The summed E-state index contributed by atoms with van der Waals surface area (Å²) in [5.41, 5.74) is 5.78. The van der Waals surface area contributed by atoms with Crippen LogP contribution in [-0.4, -0.2) is 18.5 Å². The largest absolute Gasteiger partial charge is 0.355 e. The Morgan fingerprint density at radius 2 is 1.93 bits per heavy atom. The summed E-state index contributed by atoms with van der Waals surface area (Å²) >= 11 is 0. The van der Waals surface area contributed by atoms with E-state index in [1.165, 1.54) is 0 Å². The number of nitrogens with one attached hydrogen (secondary N) is 1. The topological polar surface area (TPSA) is 55.1 Å². The summed E-state index contributed by atoms with van der Waals surface area (Å²) in [4.78, 5) is 11.5. The quantitative estimate of drug-likeness (QED) is 0.683. The number of amides is 1. The first kappa shape index (κ1) is 13.4. The van der Waals surface area contributed by atoms with Crippen molar-refractivity contribution in [3.05, 3.63) is 0 Å². The van der Waals surface area contributed by atoms with Crippen molar-refractivity contribution in [2.45, 2.75) is 46.6 Å². The molecule has 0 aromatic rings. The maximum atomic E-state index is 11.5. The SMILES string of the molecule is CCC(C)[C@H](N)C(=O)NCCC(C)C. The molecule has 0 aliphatic heterocycles. The second-order valence-electron chi connectivity index (χ2n) is 4.38. The number of rotatable bonds is 6. The molecule has 0 bridgehead atoms. The lowest BCUT2D eigenvalue weighted by Crippen LogP contribution is -2.45. The number of hydrogen-bond donors (Lipinski definition) is 2. The predicted octanol–water partition coefficient (Wildman–Crippen LogP) is 1.52. The Kier molecular flexibility index (Phi) is 6.54. The highest BCUT2D eigenvalue weighted by molar-refractivity contribution is 5.81. The average Bonchev–Trinajstić information content (AvgIpc) is 2.14. The van der Waals surface area contributed by atoms with Gasteiger partial charge in [0, 0.05) is 6.54 Å². The van der Waals surface area contributed by atoms with E-state index in [4.69, 9.17) is 5.73 Å². The molecule has 3 heteroatoms. The van der Waals surface area contributed by atoms with Crippen LogP contribution in [0.15, 0.2) is 0 Å². The summed E-state index contributed by atoms with van der Waals surface area (Å²) in [6.07, 6.45) is 1.96. The fourth-order valence-corrected chi connectivity index (χ4v) is 1.11. The average molecular weight is 200 g/mol. The van der Waals surface area contributed by atoms with Crippen LogP contribution in [0.3, 0.4) is 0 Å². The summed E-state index contributed by atoms with van der Waals surface area (Å²) in [6.45, 7) is 9.07. The van der Waals surface area contributed by atoms with Crippen LogP contribution in [0.1, 0.15) is 40.5 Å². The van der Waals surface area contributed by atoms with Crippen molar-refractivity contribution in [1.82, 2.24) is 5.32 Å². The minimum absolute atomic E-state index is 0.0139. The highest BCUT2D eigenvalue weighted by Gasteiger charge is 2.18. The molecule has 0 heterocycles. The minimum atomic E-state index is -0.354. The summed E-state index contributed by atoms with van der Waals surface area (Å²) in [5, 5.41) is 2.87. The summed E-state index contributed by atoms with van der Waals surface area (Å²) in [6, 6.07) is -0.354. The third-order valence-corrected chi connectivity index (χ3v) is 2.58. The van der Waals surface area contributed by atoms with Gasteiger partial charge in [-0.3, -0.25) is 4.79 Å². The van der Waals surface area contributed by atoms with Gasteiger partial charge in [-0.15, -0.1) is 0 Å². The van der Waals surface area contributed by atoms with E-state index in [2.05, 4.69) is 19.2 Å². The molecule has 0 rings (SSSR count). The molecule has 3 nitrogen and oxygen atoms in total. The fraction of sp³-hybridized carbons (Fsp3) is 0.909. The first-order valence-corrected chi connectivity index (χ1v) is 5.52. The van der Waals surface area contributed by atoms with Gasteiger partial charge in [0.15, 0.2) is 0 Å². The number of nitrogens with two attached hydrogens (primary N) is 1. The van der Waals surface area contributed by atoms with E-state index in [0.717, 1.165) is 19.4 Å². The molecule has 0 aliphatic rings. The van der Waals surface area contributed by atoms with Gasteiger partial charge in [0.05, 0.1) is 6.04 Å². The van der Waals surface area contributed by atoms with Crippen molar-refractivity contribution in [2.24, 2.45) is 17.6 Å². The smallest absolute Gasteiger partial charge is 0.237 e. The van der Waals surface area contributed by atoms with Gasteiger partial charge in [0.2, 0.25) is 5.91 Å². The van der Waals surface area contributed by atoms with E-state index in [9.17, 15) is 4.79 Å². The number of hydrogen-bond acceptors (Lipinski definition) is 2. The Balaban J connectivity index is 3.73. The Bertz CT molecular complexity index is 169. The molecular formula is C11H24N2O. The molecule has 0 spiro atoms. The summed E-state index contributed by atoms with van der Waals surface area (Å²) < 4.78 is 0. The standard InChI is InChI=1S/C11H24N2O/c1-5-9(4)10(12)11(14)13-7-6-8(2)3/h8-10H,5-7,12H2,1-4H3,(H,13,14)/t9?,10-/m0/s1. The normalized spacial score (nSPS) is 15.3. The van der Waals surface area contributed by atoms with Gasteiger partial charge >= 0.3 is 0 Å². The minimum Gasteiger partial charge on any atom is -0.355 e. The molecule has 0 radical (unpaired) electrons. The first-order chi connectivity index (χ1) is 6.49. The van der Waals surface area contributed by atoms with E-state index in [1.54, 1.807) is 0 Å². The van der Waals surface area contributed by atoms with E-state index >= 15 is 0 Å². The summed E-state index contributed by atoms with van der Waals surface area (Å²) in [5.74, 6) is 0.865.